The summed E-state index contributed by atoms with van der Waals surface area (Å²) in [4.78, 5) is 11.7. The van der Waals surface area contributed by atoms with E-state index in [1.807, 2.05) is 12.1 Å². The fourth-order valence-electron chi connectivity index (χ4n) is 1.47. The molecule has 2 aromatic rings. The van der Waals surface area contributed by atoms with Crippen molar-refractivity contribution in [1.82, 2.24) is 19.4 Å². The summed E-state index contributed by atoms with van der Waals surface area (Å²) in [5.74, 6) is 0.438. The first-order chi connectivity index (χ1) is 8.45. The molecule has 0 aliphatic rings. The van der Waals surface area contributed by atoms with Crippen molar-refractivity contribution in [2.24, 2.45) is 0 Å². The number of quaternary nitrogens is 1. The van der Waals surface area contributed by atoms with Gasteiger partial charge >= 0.3 is 0 Å². The topological polar surface area (TPSA) is 50.7 Å². The molecule has 0 saturated heterocycles. The lowest BCUT2D eigenvalue weighted by atomic mass is 10.2. The molecule has 5 nitrogen and oxygen atoms in total. The van der Waals surface area contributed by atoms with Gasteiger partial charge in [0.1, 0.15) is 12.0 Å². The Morgan fingerprint density at radius 2 is 1.94 bits per heavy atom. The first-order valence-electron chi connectivity index (χ1n) is 5.49. The molecule has 1 aromatic carbocycles. The number of nitrogens with zero attached hydrogens (tertiary/aromatic N) is 4. The van der Waals surface area contributed by atoms with E-state index in [9.17, 15) is 0 Å². The fraction of sp³-hybridized carbons (Fsp3) is 0.250. The minimum Gasteiger partial charge on any atom is -0.324 e. The van der Waals surface area contributed by atoms with Gasteiger partial charge in [-0.2, -0.15) is 4.98 Å². The first kappa shape index (κ1) is 12.7. The summed E-state index contributed by atoms with van der Waals surface area (Å²) < 4.78 is 0.744. The van der Waals surface area contributed by atoms with Crippen molar-refractivity contribution in [3.63, 3.8) is 0 Å². The first-order valence-corrected chi connectivity index (χ1v) is 5.86. The predicted molar refractivity (Wildman–Crippen MR) is 74.1 cm³/mol. The quantitative estimate of drug-likeness (QED) is 0.866. The van der Waals surface area contributed by atoms with E-state index < -0.39 is 0 Å². The van der Waals surface area contributed by atoms with Crippen LogP contribution in [0.25, 0.3) is 0 Å². The third-order valence-corrected chi connectivity index (χ3v) is 2.60. The summed E-state index contributed by atoms with van der Waals surface area (Å²) in [6.45, 7) is 0. The predicted octanol–water partition coefficient (Wildman–Crippen LogP) is 2.47. The lowest BCUT2D eigenvalue weighted by Gasteiger charge is -2.23. The van der Waals surface area contributed by atoms with E-state index in [4.69, 9.17) is 11.6 Å². The Balaban J connectivity index is 2.25. The van der Waals surface area contributed by atoms with Crippen LogP contribution in [0.4, 0.5) is 17.3 Å². The summed E-state index contributed by atoms with van der Waals surface area (Å²) in [5.41, 5.74) is 2.10. The molecule has 18 heavy (non-hydrogen) atoms. The second kappa shape index (κ2) is 4.88. The molecule has 6 heteroatoms. The highest BCUT2D eigenvalue weighted by Gasteiger charge is 2.12. The van der Waals surface area contributed by atoms with Crippen molar-refractivity contribution in [1.29, 1.82) is 0 Å². The van der Waals surface area contributed by atoms with E-state index in [2.05, 4.69) is 53.5 Å². The lowest BCUT2D eigenvalue weighted by molar-refractivity contribution is 0.486. The van der Waals surface area contributed by atoms with Gasteiger partial charge in [-0.1, -0.05) is 6.07 Å². The molecule has 0 bridgehead atoms. The monoisotopic (exact) mass is 264 g/mol. The van der Waals surface area contributed by atoms with Gasteiger partial charge in [0.2, 0.25) is 11.2 Å². The Labute approximate surface area is 111 Å². The van der Waals surface area contributed by atoms with Gasteiger partial charge in [0.05, 0.1) is 21.1 Å². The number of anilines is 2. The molecule has 0 amide bonds. The van der Waals surface area contributed by atoms with E-state index in [0.717, 1.165) is 10.2 Å². The van der Waals surface area contributed by atoms with Gasteiger partial charge in [-0.05, 0) is 23.7 Å². The van der Waals surface area contributed by atoms with Crippen LogP contribution in [-0.2, 0) is 0 Å². The maximum Gasteiger partial charge on any atom is 0.231 e. The highest BCUT2D eigenvalue weighted by atomic mass is 35.5. The Hall–Kier alpha value is -1.72. The smallest absolute Gasteiger partial charge is 0.231 e. The zero-order chi connectivity index (χ0) is 13.2. The average Bonchev–Trinajstić information content (AvgIpc) is 2.28. The second-order valence-electron chi connectivity index (χ2n) is 4.77. The zero-order valence-electron chi connectivity index (χ0n) is 10.6. The van der Waals surface area contributed by atoms with Crippen molar-refractivity contribution >= 4 is 28.9 Å². The molecule has 0 atom stereocenters. The molecular weight excluding hydrogens is 250 g/mol. The van der Waals surface area contributed by atoms with Crippen LogP contribution in [0, 0.1) is 0 Å². The molecule has 1 N–H and O–H groups in total. The summed E-state index contributed by atoms with van der Waals surface area (Å²) >= 11 is 5.71. The minimum atomic E-state index is 0.176. The van der Waals surface area contributed by atoms with Crippen LogP contribution in [0.1, 0.15) is 0 Å². The Bertz CT molecular complexity index is 550. The van der Waals surface area contributed by atoms with Gasteiger partial charge < -0.3 is 5.32 Å². The third-order valence-electron chi connectivity index (χ3n) is 2.42. The van der Waals surface area contributed by atoms with Gasteiger partial charge in [0.25, 0.3) is 0 Å². The Morgan fingerprint density at radius 3 is 2.61 bits per heavy atom. The number of rotatable bonds is 3. The molecule has 0 aliphatic heterocycles. The van der Waals surface area contributed by atoms with Gasteiger partial charge in [-0.3, -0.25) is 4.48 Å². The van der Waals surface area contributed by atoms with E-state index >= 15 is 0 Å². The summed E-state index contributed by atoms with van der Waals surface area (Å²) in [6.07, 6.45) is 1.38. The van der Waals surface area contributed by atoms with E-state index in [-0.39, 0.29) is 5.28 Å². The highest BCUT2D eigenvalue weighted by Crippen LogP contribution is 2.22. The second-order valence-corrected chi connectivity index (χ2v) is 5.10. The van der Waals surface area contributed by atoms with Crippen LogP contribution in [0.5, 0.6) is 0 Å². The molecule has 2 rings (SSSR count). The normalized spacial score (nSPS) is 11.3. The van der Waals surface area contributed by atoms with E-state index in [1.165, 1.54) is 12.0 Å². The highest BCUT2D eigenvalue weighted by molar-refractivity contribution is 6.28. The Kier molecular flexibility index (Phi) is 3.45. The van der Waals surface area contributed by atoms with Crippen molar-refractivity contribution in [2.45, 2.75) is 0 Å². The number of nitrogens with one attached hydrogen (secondary N) is 1. The molecule has 0 spiro atoms. The molecule has 0 aliphatic carbocycles. The molecule has 0 saturated carbocycles. The summed E-state index contributed by atoms with van der Waals surface area (Å²) in [7, 11) is 6.33. The van der Waals surface area contributed by atoms with E-state index in [1.54, 1.807) is 0 Å². The van der Waals surface area contributed by atoms with Gasteiger partial charge in [0.15, 0.2) is 0 Å². The number of hydrogen-bond acceptors (Lipinski definition) is 4. The number of benzene rings is 1. The summed E-state index contributed by atoms with van der Waals surface area (Å²) in [6, 6.07) is 8.07. The maximum atomic E-state index is 5.71. The number of halogens is 1. The molecule has 94 valence electrons. The van der Waals surface area contributed by atoms with Crippen LogP contribution < -0.4 is 9.80 Å². The molecule has 0 fully saturated rings. The van der Waals surface area contributed by atoms with Gasteiger partial charge in [-0.15, -0.1) is 0 Å². The molecule has 0 unspecified atom stereocenters. The average molecular weight is 265 g/mol. The molecule has 1 heterocycles. The number of aromatic nitrogens is 3. The van der Waals surface area contributed by atoms with Crippen LogP contribution in [0.15, 0.2) is 30.6 Å². The summed E-state index contributed by atoms with van der Waals surface area (Å²) in [5, 5.41) is 3.28. The van der Waals surface area contributed by atoms with Crippen LogP contribution in [-0.4, -0.2) is 36.1 Å². The van der Waals surface area contributed by atoms with Gasteiger partial charge in [-0.25, -0.2) is 9.97 Å². The van der Waals surface area contributed by atoms with Crippen molar-refractivity contribution in [3.8, 4) is 0 Å². The van der Waals surface area contributed by atoms with Crippen molar-refractivity contribution < 1.29 is 0 Å². The van der Waals surface area contributed by atoms with Gasteiger partial charge in [0, 0.05) is 11.8 Å². The largest absolute Gasteiger partial charge is 0.324 e. The van der Waals surface area contributed by atoms with Crippen molar-refractivity contribution in [3.05, 3.63) is 35.9 Å². The molecule has 1 aromatic heterocycles. The third kappa shape index (κ3) is 3.15. The lowest BCUT2D eigenvalue weighted by Crippen LogP contribution is -2.34. The maximum absolute atomic E-state index is 5.71. The van der Waals surface area contributed by atoms with E-state index in [0.29, 0.717) is 5.95 Å². The van der Waals surface area contributed by atoms with Crippen LogP contribution in [0.2, 0.25) is 5.28 Å². The number of hydrogen-bond donors (Lipinski definition) is 1. The van der Waals surface area contributed by atoms with Crippen LogP contribution >= 0.6 is 11.6 Å². The Morgan fingerprint density at radius 1 is 1.17 bits per heavy atom. The SMILES string of the molecule is C[N+](C)(C)c1cccc(Nc2ncnc(Cl)n2)c1. The van der Waals surface area contributed by atoms with Crippen molar-refractivity contribution in [2.75, 3.05) is 26.5 Å². The zero-order valence-corrected chi connectivity index (χ0v) is 11.3. The van der Waals surface area contributed by atoms with Crippen LogP contribution in [0.3, 0.4) is 0 Å². The molecular formula is C12H15ClN5+. The molecule has 0 radical (unpaired) electrons. The minimum absolute atomic E-state index is 0.176. The fourth-order valence-corrected chi connectivity index (χ4v) is 1.59. The standard InChI is InChI=1S/C12H15ClN5/c1-18(2,3)10-6-4-5-9(7-10)16-12-15-8-14-11(13)17-12/h4-8H,1-3H3,(H,14,15,16,17)/q+1.